The molecular formula is C73H118O6. The Bertz CT molecular complexity index is 1730. The molecule has 6 heteroatoms. The highest BCUT2D eigenvalue weighted by Gasteiger charge is 2.19. The largest absolute Gasteiger partial charge is 0.462 e. The van der Waals surface area contributed by atoms with E-state index in [-0.39, 0.29) is 31.1 Å². The lowest BCUT2D eigenvalue weighted by atomic mass is 10.1. The Kier molecular flexibility index (Phi) is 61.9. The Morgan fingerprint density at radius 2 is 0.494 bits per heavy atom. The maximum Gasteiger partial charge on any atom is 0.306 e. The fourth-order valence-corrected chi connectivity index (χ4v) is 8.57. The highest BCUT2D eigenvalue weighted by atomic mass is 16.6. The third-order valence-corrected chi connectivity index (χ3v) is 13.3. The van der Waals surface area contributed by atoms with Crippen LogP contribution in [0.15, 0.2) is 146 Å². The van der Waals surface area contributed by atoms with Crippen molar-refractivity contribution in [1.82, 2.24) is 0 Å². The summed E-state index contributed by atoms with van der Waals surface area (Å²) >= 11 is 0. The fourth-order valence-electron chi connectivity index (χ4n) is 8.57. The number of unbranched alkanes of at least 4 members (excludes halogenated alkanes) is 22. The third kappa shape index (κ3) is 64.0. The molecule has 0 spiro atoms. The maximum absolute atomic E-state index is 12.9. The summed E-state index contributed by atoms with van der Waals surface area (Å²) in [5.74, 6) is -0.919. The molecule has 0 saturated heterocycles. The minimum atomic E-state index is -0.795. The van der Waals surface area contributed by atoms with Gasteiger partial charge in [0, 0.05) is 19.3 Å². The summed E-state index contributed by atoms with van der Waals surface area (Å²) in [6, 6.07) is 0. The van der Waals surface area contributed by atoms with Crippen LogP contribution in [0.2, 0.25) is 0 Å². The first-order valence-electron chi connectivity index (χ1n) is 32.3. The van der Waals surface area contributed by atoms with Crippen LogP contribution in [-0.2, 0) is 28.6 Å². The minimum Gasteiger partial charge on any atom is -0.462 e. The molecule has 79 heavy (non-hydrogen) atoms. The zero-order chi connectivity index (χ0) is 57.1. The Morgan fingerprint density at radius 1 is 0.266 bits per heavy atom. The van der Waals surface area contributed by atoms with Crippen molar-refractivity contribution in [2.24, 2.45) is 0 Å². The average Bonchev–Trinajstić information content (AvgIpc) is 3.45. The van der Waals surface area contributed by atoms with Gasteiger partial charge in [-0.2, -0.15) is 0 Å². The Labute approximate surface area is 487 Å². The van der Waals surface area contributed by atoms with Crippen LogP contribution in [0.25, 0.3) is 0 Å². The summed E-state index contributed by atoms with van der Waals surface area (Å²) < 4.78 is 16.9. The normalized spacial score (nSPS) is 13.1. The van der Waals surface area contributed by atoms with E-state index < -0.39 is 6.10 Å². The zero-order valence-electron chi connectivity index (χ0n) is 51.1. The van der Waals surface area contributed by atoms with Gasteiger partial charge in [-0.05, 0) is 122 Å². The molecule has 1 unspecified atom stereocenters. The van der Waals surface area contributed by atoms with Crippen molar-refractivity contribution < 1.29 is 28.6 Å². The number of rotatable bonds is 57. The summed E-state index contributed by atoms with van der Waals surface area (Å²) in [6.07, 6.45) is 94.3. The van der Waals surface area contributed by atoms with Crippen molar-refractivity contribution in [2.75, 3.05) is 13.2 Å². The molecule has 0 amide bonds. The van der Waals surface area contributed by atoms with Gasteiger partial charge in [0.15, 0.2) is 6.10 Å². The molecule has 0 N–H and O–H groups in total. The molecule has 6 nitrogen and oxygen atoms in total. The van der Waals surface area contributed by atoms with Crippen LogP contribution in [0.1, 0.15) is 278 Å². The molecule has 0 saturated carbocycles. The number of hydrogen-bond acceptors (Lipinski definition) is 6. The van der Waals surface area contributed by atoms with E-state index in [4.69, 9.17) is 14.2 Å². The lowest BCUT2D eigenvalue weighted by Crippen LogP contribution is -2.30. The molecule has 0 rings (SSSR count). The standard InChI is InChI=1S/C73H118O6/c1-4-7-10-13-16-19-21-23-25-27-29-31-32-33-34-35-36-37-38-39-40-42-43-45-47-49-51-54-57-60-63-66-72(75)78-69-70(68-77-71(74)65-62-59-56-53-18-15-12-9-6-3)79-73(76)67-64-61-58-55-52-50-48-46-44-41-30-28-26-24-22-20-17-14-11-8-5-2/h7-8,10-11,16-17,19-20,23-26,29-31,33-34,36-37,39-41,46,48,70H,4-6,9,12-15,18,21-22,27-28,32,35,38,42-45,47,49-69H2,1-3H3/b10-7-,11-8-,19-16-,20-17-,25-23-,26-24-,31-29-,34-33-,37-36-,40-39-,41-30-,48-46-. The van der Waals surface area contributed by atoms with E-state index in [0.717, 1.165) is 161 Å². The SMILES string of the molecule is CC/C=C\C/C=C\C/C=C\C/C=C\C/C=C\C/C=C\C/C=C\CCCCCCCCCCCC(=O)OCC(COC(=O)CCCCCCCCCCC)OC(=O)CCCCCCC/C=C\C/C=C\C/C=C\C/C=C\C/C=C\CC. The Balaban J connectivity index is 4.27. The summed E-state index contributed by atoms with van der Waals surface area (Å²) in [6.45, 7) is 6.37. The van der Waals surface area contributed by atoms with Gasteiger partial charge >= 0.3 is 17.9 Å². The Hall–Kier alpha value is -4.71. The van der Waals surface area contributed by atoms with Gasteiger partial charge in [0.1, 0.15) is 13.2 Å². The van der Waals surface area contributed by atoms with Crippen molar-refractivity contribution in [1.29, 1.82) is 0 Å². The highest BCUT2D eigenvalue weighted by molar-refractivity contribution is 5.71. The average molecular weight is 1090 g/mol. The second kappa shape index (κ2) is 65.8. The highest BCUT2D eigenvalue weighted by Crippen LogP contribution is 2.15. The number of carbonyl (C=O) groups is 3. The summed E-state index contributed by atoms with van der Waals surface area (Å²) in [5, 5.41) is 0. The first kappa shape index (κ1) is 74.3. The van der Waals surface area contributed by atoms with E-state index in [1.807, 2.05) is 0 Å². The van der Waals surface area contributed by atoms with Crippen molar-refractivity contribution in [3.8, 4) is 0 Å². The maximum atomic E-state index is 12.9. The lowest BCUT2D eigenvalue weighted by molar-refractivity contribution is -0.167. The number of ether oxygens (including phenoxy) is 3. The van der Waals surface area contributed by atoms with Crippen molar-refractivity contribution in [3.05, 3.63) is 146 Å². The molecule has 0 fully saturated rings. The van der Waals surface area contributed by atoms with Gasteiger partial charge in [-0.3, -0.25) is 14.4 Å². The summed E-state index contributed by atoms with van der Waals surface area (Å²) in [5.41, 5.74) is 0. The van der Waals surface area contributed by atoms with Crippen LogP contribution >= 0.6 is 0 Å². The molecule has 0 aliphatic carbocycles. The van der Waals surface area contributed by atoms with E-state index in [1.54, 1.807) is 0 Å². The first-order valence-corrected chi connectivity index (χ1v) is 32.3. The van der Waals surface area contributed by atoms with Gasteiger partial charge < -0.3 is 14.2 Å². The van der Waals surface area contributed by atoms with Crippen LogP contribution in [0, 0.1) is 0 Å². The topological polar surface area (TPSA) is 78.9 Å². The molecule has 1 atom stereocenters. The monoisotopic (exact) mass is 1090 g/mol. The summed E-state index contributed by atoms with van der Waals surface area (Å²) in [4.78, 5) is 38.2. The molecule has 0 aromatic heterocycles. The van der Waals surface area contributed by atoms with Gasteiger partial charge in [-0.15, -0.1) is 0 Å². The smallest absolute Gasteiger partial charge is 0.306 e. The molecule has 0 bridgehead atoms. The predicted octanol–water partition coefficient (Wildman–Crippen LogP) is 22.3. The van der Waals surface area contributed by atoms with Gasteiger partial charge in [0.25, 0.3) is 0 Å². The van der Waals surface area contributed by atoms with Gasteiger partial charge in [0.05, 0.1) is 0 Å². The quantitative estimate of drug-likeness (QED) is 0.0261. The number of hydrogen-bond donors (Lipinski definition) is 0. The van der Waals surface area contributed by atoms with Gasteiger partial charge in [-0.1, -0.05) is 282 Å². The Morgan fingerprint density at radius 3 is 0.772 bits per heavy atom. The molecule has 446 valence electrons. The number of allylic oxidation sites excluding steroid dienone is 24. The fraction of sp³-hybridized carbons (Fsp3) is 0.630. The van der Waals surface area contributed by atoms with Crippen LogP contribution in [0.4, 0.5) is 0 Å². The molecule has 0 aliphatic heterocycles. The molecule has 0 aliphatic rings. The second-order valence-electron chi connectivity index (χ2n) is 20.9. The minimum absolute atomic E-state index is 0.0904. The van der Waals surface area contributed by atoms with E-state index in [2.05, 4.69) is 167 Å². The molecular weight excluding hydrogens is 973 g/mol. The van der Waals surface area contributed by atoms with E-state index in [1.165, 1.54) is 77.0 Å². The molecule has 0 aromatic carbocycles. The van der Waals surface area contributed by atoms with Crippen LogP contribution in [-0.4, -0.2) is 37.2 Å². The van der Waals surface area contributed by atoms with E-state index >= 15 is 0 Å². The van der Waals surface area contributed by atoms with Crippen LogP contribution < -0.4 is 0 Å². The van der Waals surface area contributed by atoms with E-state index in [0.29, 0.717) is 19.3 Å². The zero-order valence-corrected chi connectivity index (χ0v) is 51.1. The predicted molar refractivity (Wildman–Crippen MR) is 343 cm³/mol. The van der Waals surface area contributed by atoms with Crippen LogP contribution in [0.5, 0.6) is 0 Å². The van der Waals surface area contributed by atoms with Crippen LogP contribution in [0.3, 0.4) is 0 Å². The van der Waals surface area contributed by atoms with Crippen molar-refractivity contribution >= 4 is 17.9 Å². The lowest BCUT2D eigenvalue weighted by Gasteiger charge is -2.18. The second-order valence-corrected chi connectivity index (χ2v) is 20.9. The summed E-state index contributed by atoms with van der Waals surface area (Å²) in [7, 11) is 0. The number of esters is 3. The number of carbonyl (C=O) groups excluding carboxylic acids is 3. The van der Waals surface area contributed by atoms with Gasteiger partial charge in [-0.25, -0.2) is 0 Å². The molecule has 0 heterocycles. The van der Waals surface area contributed by atoms with Crippen molar-refractivity contribution in [2.45, 2.75) is 284 Å². The third-order valence-electron chi connectivity index (χ3n) is 13.3. The molecule has 0 radical (unpaired) electrons. The van der Waals surface area contributed by atoms with Crippen molar-refractivity contribution in [3.63, 3.8) is 0 Å². The molecule has 0 aromatic rings. The van der Waals surface area contributed by atoms with Gasteiger partial charge in [0.2, 0.25) is 0 Å². The van der Waals surface area contributed by atoms with E-state index in [9.17, 15) is 14.4 Å². The first-order chi connectivity index (χ1) is 39.0.